The van der Waals surface area contributed by atoms with Crippen molar-refractivity contribution < 1.29 is 20.1 Å². The third kappa shape index (κ3) is 6.34. The highest BCUT2D eigenvalue weighted by Crippen LogP contribution is 2.16. The molecule has 0 bridgehead atoms. The van der Waals surface area contributed by atoms with Gasteiger partial charge in [-0.2, -0.15) is 0 Å². The molecule has 0 aliphatic heterocycles. The number of hydrogen-bond acceptors (Lipinski definition) is 5. The number of ether oxygens (including phenoxy) is 1. The molecule has 0 fully saturated rings. The van der Waals surface area contributed by atoms with E-state index in [9.17, 15) is 10.2 Å². The molecule has 0 aromatic heterocycles. The van der Waals surface area contributed by atoms with E-state index >= 15 is 0 Å². The molecule has 0 saturated heterocycles. The van der Waals surface area contributed by atoms with Crippen molar-refractivity contribution in [1.29, 1.82) is 0 Å². The fourth-order valence-corrected chi connectivity index (χ4v) is 1.83. The lowest BCUT2D eigenvalue weighted by Gasteiger charge is -2.22. The summed E-state index contributed by atoms with van der Waals surface area (Å²) in [7, 11) is 0. The van der Waals surface area contributed by atoms with Gasteiger partial charge in [0.1, 0.15) is 18.5 Å². The third-order valence-electron chi connectivity index (χ3n) is 2.86. The molecule has 114 valence electrons. The van der Waals surface area contributed by atoms with E-state index in [4.69, 9.17) is 9.84 Å². The van der Waals surface area contributed by atoms with E-state index in [1.165, 1.54) is 6.92 Å². The second-order valence-electron chi connectivity index (χ2n) is 5.57. The van der Waals surface area contributed by atoms with E-state index < -0.39 is 11.7 Å². The van der Waals surface area contributed by atoms with Crippen molar-refractivity contribution in [2.24, 2.45) is 0 Å². The zero-order valence-corrected chi connectivity index (χ0v) is 12.4. The monoisotopic (exact) mass is 283 g/mol. The summed E-state index contributed by atoms with van der Waals surface area (Å²) in [4.78, 5) is 0. The van der Waals surface area contributed by atoms with Gasteiger partial charge in [0.25, 0.3) is 0 Å². The number of benzene rings is 1. The van der Waals surface area contributed by atoms with E-state index in [0.717, 1.165) is 16.9 Å². The molecule has 1 rings (SSSR count). The van der Waals surface area contributed by atoms with Crippen molar-refractivity contribution in [3.8, 4) is 5.75 Å². The zero-order valence-electron chi connectivity index (χ0n) is 12.4. The summed E-state index contributed by atoms with van der Waals surface area (Å²) in [6.45, 7) is 5.87. The molecule has 0 heterocycles. The molecule has 20 heavy (non-hydrogen) atoms. The van der Waals surface area contributed by atoms with E-state index in [2.05, 4.69) is 11.4 Å². The second-order valence-corrected chi connectivity index (χ2v) is 5.57. The summed E-state index contributed by atoms with van der Waals surface area (Å²) >= 11 is 0. The van der Waals surface area contributed by atoms with Gasteiger partial charge in [-0.05, 0) is 44.0 Å². The van der Waals surface area contributed by atoms with Crippen LogP contribution in [0.4, 0.5) is 0 Å². The molecule has 0 saturated carbocycles. The molecule has 0 spiro atoms. The number of aliphatic hydroxyl groups is 3. The molecule has 0 amide bonds. The lowest BCUT2D eigenvalue weighted by molar-refractivity contribution is -0.000327. The smallest absolute Gasteiger partial charge is 0.119 e. The van der Waals surface area contributed by atoms with Crippen LogP contribution in [-0.2, 0) is 0 Å². The Hall–Kier alpha value is -1.14. The lowest BCUT2D eigenvalue weighted by atomic mass is 10.1. The molecule has 5 nitrogen and oxygen atoms in total. The van der Waals surface area contributed by atoms with E-state index in [1.54, 1.807) is 0 Å². The SMILES string of the molecule is Cc1cc(C)cc(OCC(O)CNCC(C)(O)CO)c1. The number of rotatable bonds is 8. The van der Waals surface area contributed by atoms with Gasteiger partial charge < -0.3 is 25.4 Å². The summed E-state index contributed by atoms with van der Waals surface area (Å²) < 4.78 is 5.54. The highest BCUT2D eigenvalue weighted by Gasteiger charge is 2.18. The molecule has 0 aliphatic rings. The van der Waals surface area contributed by atoms with Gasteiger partial charge in [-0.1, -0.05) is 6.07 Å². The topological polar surface area (TPSA) is 82.0 Å². The summed E-state index contributed by atoms with van der Waals surface area (Å²) in [6.07, 6.45) is -0.676. The Kier molecular flexibility index (Phi) is 6.42. The largest absolute Gasteiger partial charge is 0.491 e. The minimum atomic E-state index is -1.17. The molecule has 0 radical (unpaired) electrons. The normalized spacial score (nSPS) is 15.7. The van der Waals surface area contributed by atoms with Gasteiger partial charge in [0, 0.05) is 13.1 Å². The molecule has 5 heteroatoms. The van der Waals surface area contributed by atoms with Gasteiger partial charge in [0.2, 0.25) is 0 Å². The first-order valence-corrected chi connectivity index (χ1v) is 6.75. The fourth-order valence-electron chi connectivity index (χ4n) is 1.83. The molecular weight excluding hydrogens is 258 g/mol. The second kappa shape index (κ2) is 7.59. The Labute approximate surface area is 120 Å². The Bertz CT molecular complexity index is 400. The highest BCUT2D eigenvalue weighted by molar-refractivity contribution is 5.32. The fraction of sp³-hybridized carbons (Fsp3) is 0.600. The van der Waals surface area contributed by atoms with Crippen molar-refractivity contribution >= 4 is 0 Å². The van der Waals surface area contributed by atoms with Crippen molar-refractivity contribution in [3.05, 3.63) is 29.3 Å². The van der Waals surface area contributed by atoms with Crippen LogP contribution in [0.25, 0.3) is 0 Å². The van der Waals surface area contributed by atoms with E-state index in [-0.39, 0.29) is 19.8 Å². The maximum absolute atomic E-state index is 9.79. The number of nitrogens with one attached hydrogen (secondary N) is 1. The summed E-state index contributed by atoms with van der Waals surface area (Å²) in [5.74, 6) is 0.740. The Morgan fingerprint density at radius 1 is 1.25 bits per heavy atom. The predicted molar refractivity (Wildman–Crippen MR) is 78.0 cm³/mol. The Balaban J connectivity index is 2.31. The quantitative estimate of drug-likeness (QED) is 0.554. The van der Waals surface area contributed by atoms with Gasteiger partial charge in [-0.25, -0.2) is 0 Å². The maximum atomic E-state index is 9.79. The van der Waals surface area contributed by atoms with Crippen molar-refractivity contribution in [2.45, 2.75) is 32.5 Å². The molecular formula is C15H25NO4. The molecule has 1 aromatic rings. The standard InChI is InChI=1S/C15H25NO4/c1-11-4-12(2)6-14(5-11)20-8-13(18)7-16-9-15(3,19)10-17/h4-6,13,16-19H,7-10H2,1-3H3. The summed E-state index contributed by atoms with van der Waals surface area (Å²) in [5.41, 5.74) is 1.06. The van der Waals surface area contributed by atoms with E-state index in [0.29, 0.717) is 6.54 Å². The number of aliphatic hydroxyl groups excluding tert-OH is 2. The van der Waals surface area contributed by atoms with Crippen LogP contribution in [0.1, 0.15) is 18.1 Å². The molecule has 2 unspecified atom stereocenters. The van der Waals surface area contributed by atoms with Crippen LogP contribution in [0.3, 0.4) is 0 Å². The first-order valence-electron chi connectivity index (χ1n) is 6.75. The lowest BCUT2D eigenvalue weighted by Crippen LogP contribution is -2.44. The maximum Gasteiger partial charge on any atom is 0.119 e. The molecule has 2 atom stereocenters. The van der Waals surface area contributed by atoms with Gasteiger partial charge in [0.15, 0.2) is 0 Å². The molecule has 0 aliphatic carbocycles. The van der Waals surface area contributed by atoms with Gasteiger partial charge in [-0.15, -0.1) is 0 Å². The summed E-state index contributed by atoms with van der Waals surface area (Å²) in [6, 6.07) is 5.90. The van der Waals surface area contributed by atoms with Crippen LogP contribution in [0, 0.1) is 13.8 Å². The highest BCUT2D eigenvalue weighted by atomic mass is 16.5. The minimum Gasteiger partial charge on any atom is -0.491 e. The van der Waals surface area contributed by atoms with Crippen LogP contribution in [-0.4, -0.2) is 53.3 Å². The predicted octanol–water partition coefficient (Wildman–Crippen LogP) is 0.376. The van der Waals surface area contributed by atoms with Crippen LogP contribution in [0.2, 0.25) is 0 Å². The summed E-state index contributed by atoms with van der Waals surface area (Å²) in [5, 5.41) is 31.1. The Morgan fingerprint density at radius 2 is 1.85 bits per heavy atom. The van der Waals surface area contributed by atoms with E-state index in [1.807, 2.05) is 26.0 Å². The van der Waals surface area contributed by atoms with Crippen LogP contribution in [0.15, 0.2) is 18.2 Å². The minimum absolute atomic E-state index is 0.178. The van der Waals surface area contributed by atoms with Crippen molar-refractivity contribution in [2.75, 3.05) is 26.3 Å². The van der Waals surface area contributed by atoms with Gasteiger partial charge >= 0.3 is 0 Å². The number of aryl methyl sites for hydroxylation is 2. The van der Waals surface area contributed by atoms with Gasteiger partial charge in [-0.3, -0.25) is 0 Å². The molecule has 4 N–H and O–H groups in total. The van der Waals surface area contributed by atoms with Crippen LogP contribution < -0.4 is 10.1 Å². The number of hydrogen-bond donors (Lipinski definition) is 4. The zero-order chi connectivity index (χ0) is 15.2. The third-order valence-corrected chi connectivity index (χ3v) is 2.86. The van der Waals surface area contributed by atoms with Crippen LogP contribution in [0.5, 0.6) is 5.75 Å². The molecule has 1 aromatic carbocycles. The average molecular weight is 283 g/mol. The Morgan fingerprint density at radius 3 is 2.40 bits per heavy atom. The first-order chi connectivity index (χ1) is 9.32. The van der Waals surface area contributed by atoms with Crippen molar-refractivity contribution in [1.82, 2.24) is 5.32 Å². The van der Waals surface area contributed by atoms with Gasteiger partial charge in [0.05, 0.1) is 12.2 Å². The van der Waals surface area contributed by atoms with Crippen LogP contribution >= 0.6 is 0 Å². The van der Waals surface area contributed by atoms with Crippen molar-refractivity contribution in [3.63, 3.8) is 0 Å². The first kappa shape index (κ1) is 16.9. The average Bonchev–Trinajstić information content (AvgIpc) is 2.35.